The monoisotopic (exact) mass is 355 g/mol. The minimum atomic E-state index is -0.460. The lowest BCUT2D eigenvalue weighted by Gasteiger charge is -2.08. The van der Waals surface area contributed by atoms with E-state index in [9.17, 15) is 4.79 Å². The van der Waals surface area contributed by atoms with Gasteiger partial charge in [-0.2, -0.15) is 0 Å². The van der Waals surface area contributed by atoms with Crippen LogP contribution in [0.5, 0.6) is 0 Å². The Kier molecular flexibility index (Phi) is 4.39. The zero-order valence-electron chi connectivity index (χ0n) is 11.8. The standard InChI is InChI=1S/C18H14BrNO2/c19-16-8-6-14-7-9-17(11-15(14)10-16)20-18(21)22-12-13-4-2-1-3-5-13/h1-11H,12H2,(H,20,21). The lowest BCUT2D eigenvalue weighted by atomic mass is 10.1. The van der Waals surface area contributed by atoms with Crippen LogP contribution in [0.1, 0.15) is 5.56 Å². The van der Waals surface area contributed by atoms with E-state index in [-0.39, 0.29) is 6.61 Å². The van der Waals surface area contributed by atoms with E-state index in [0.717, 1.165) is 20.8 Å². The van der Waals surface area contributed by atoms with E-state index in [0.29, 0.717) is 5.69 Å². The molecular formula is C18H14BrNO2. The second-order valence-corrected chi connectivity index (χ2v) is 5.81. The van der Waals surface area contributed by atoms with Crippen molar-refractivity contribution >= 4 is 38.5 Å². The first kappa shape index (κ1) is 14.6. The van der Waals surface area contributed by atoms with Gasteiger partial charge in [-0.15, -0.1) is 0 Å². The molecule has 4 heteroatoms. The first-order chi connectivity index (χ1) is 10.7. The van der Waals surface area contributed by atoms with E-state index in [4.69, 9.17) is 4.74 Å². The third-order valence-corrected chi connectivity index (χ3v) is 3.75. The topological polar surface area (TPSA) is 38.3 Å². The van der Waals surface area contributed by atoms with Crippen LogP contribution < -0.4 is 5.32 Å². The second-order valence-electron chi connectivity index (χ2n) is 4.89. The van der Waals surface area contributed by atoms with Gasteiger partial charge in [-0.3, -0.25) is 5.32 Å². The number of hydrogen-bond acceptors (Lipinski definition) is 2. The van der Waals surface area contributed by atoms with Gasteiger partial charge in [0.25, 0.3) is 0 Å². The lowest BCUT2D eigenvalue weighted by molar-refractivity contribution is 0.155. The normalized spacial score (nSPS) is 10.4. The fourth-order valence-electron chi connectivity index (χ4n) is 2.17. The molecule has 3 rings (SSSR count). The number of anilines is 1. The summed E-state index contributed by atoms with van der Waals surface area (Å²) in [6.45, 7) is 0.256. The maximum atomic E-state index is 11.8. The van der Waals surface area contributed by atoms with Crippen LogP contribution in [0, 0.1) is 0 Å². The summed E-state index contributed by atoms with van der Waals surface area (Å²) in [5.41, 5.74) is 1.67. The van der Waals surface area contributed by atoms with Crippen LogP contribution in [-0.2, 0) is 11.3 Å². The van der Waals surface area contributed by atoms with Crippen molar-refractivity contribution in [3.63, 3.8) is 0 Å². The number of carbonyl (C=O) groups is 1. The van der Waals surface area contributed by atoms with Gasteiger partial charge in [0.05, 0.1) is 0 Å². The average Bonchev–Trinajstić information content (AvgIpc) is 2.53. The molecule has 0 aromatic heterocycles. The molecule has 0 unspecified atom stereocenters. The minimum absolute atomic E-state index is 0.256. The Morgan fingerprint density at radius 2 is 1.73 bits per heavy atom. The maximum absolute atomic E-state index is 11.8. The molecule has 0 fully saturated rings. The molecule has 0 saturated carbocycles. The molecule has 0 aliphatic heterocycles. The van der Waals surface area contributed by atoms with Gasteiger partial charge >= 0.3 is 6.09 Å². The number of fused-ring (bicyclic) bond motifs is 1. The van der Waals surface area contributed by atoms with E-state index in [1.165, 1.54) is 0 Å². The lowest BCUT2D eigenvalue weighted by Crippen LogP contribution is -2.13. The summed E-state index contributed by atoms with van der Waals surface area (Å²) in [7, 11) is 0. The first-order valence-electron chi connectivity index (χ1n) is 6.88. The summed E-state index contributed by atoms with van der Waals surface area (Å²) >= 11 is 3.45. The number of carbonyl (C=O) groups excluding carboxylic acids is 1. The van der Waals surface area contributed by atoms with Gasteiger partial charge in [0.15, 0.2) is 0 Å². The van der Waals surface area contributed by atoms with Crippen molar-refractivity contribution in [2.75, 3.05) is 5.32 Å². The quantitative estimate of drug-likeness (QED) is 0.687. The van der Waals surface area contributed by atoms with Crippen molar-refractivity contribution in [2.45, 2.75) is 6.61 Å². The SMILES string of the molecule is O=C(Nc1ccc2ccc(Br)cc2c1)OCc1ccccc1. The van der Waals surface area contributed by atoms with E-state index in [1.54, 1.807) is 0 Å². The molecule has 0 aliphatic carbocycles. The van der Waals surface area contributed by atoms with Crippen molar-refractivity contribution < 1.29 is 9.53 Å². The third kappa shape index (κ3) is 3.65. The van der Waals surface area contributed by atoms with Crippen molar-refractivity contribution in [1.82, 2.24) is 0 Å². The highest BCUT2D eigenvalue weighted by molar-refractivity contribution is 9.10. The molecule has 0 bridgehead atoms. The molecule has 3 aromatic carbocycles. The molecule has 0 spiro atoms. The summed E-state index contributed by atoms with van der Waals surface area (Å²) in [4.78, 5) is 11.8. The summed E-state index contributed by atoms with van der Waals surface area (Å²) in [6.07, 6.45) is -0.460. The molecule has 22 heavy (non-hydrogen) atoms. The first-order valence-corrected chi connectivity index (χ1v) is 7.67. The number of halogens is 1. The number of amides is 1. The Bertz CT molecular complexity index is 803. The van der Waals surface area contributed by atoms with Gasteiger partial charge in [-0.25, -0.2) is 4.79 Å². The predicted octanol–water partition coefficient (Wildman–Crippen LogP) is 5.35. The fourth-order valence-corrected chi connectivity index (χ4v) is 2.55. The Hall–Kier alpha value is -2.33. The van der Waals surface area contributed by atoms with Gasteiger partial charge in [0.1, 0.15) is 6.61 Å². The van der Waals surface area contributed by atoms with Gasteiger partial charge < -0.3 is 4.74 Å². The Morgan fingerprint density at radius 3 is 2.55 bits per heavy atom. The van der Waals surface area contributed by atoms with E-state index in [2.05, 4.69) is 21.2 Å². The zero-order valence-corrected chi connectivity index (χ0v) is 13.3. The van der Waals surface area contributed by atoms with Crippen LogP contribution in [0.3, 0.4) is 0 Å². The van der Waals surface area contributed by atoms with Crippen LogP contribution in [0.15, 0.2) is 71.2 Å². The smallest absolute Gasteiger partial charge is 0.411 e. The van der Waals surface area contributed by atoms with Crippen molar-refractivity contribution in [1.29, 1.82) is 0 Å². The highest BCUT2D eigenvalue weighted by Crippen LogP contribution is 2.23. The molecule has 0 aliphatic rings. The van der Waals surface area contributed by atoms with Gasteiger partial charge in [0.2, 0.25) is 0 Å². The molecule has 0 saturated heterocycles. The third-order valence-electron chi connectivity index (χ3n) is 3.26. The Morgan fingerprint density at radius 1 is 0.955 bits per heavy atom. The molecule has 0 radical (unpaired) electrons. The van der Waals surface area contributed by atoms with Crippen molar-refractivity contribution in [2.24, 2.45) is 0 Å². The Balaban J connectivity index is 1.66. The number of rotatable bonds is 3. The number of hydrogen-bond donors (Lipinski definition) is 1. The highest BCUT2D eigenvalue weighted by Gasteiger charge is 2.04. The highest BCUT2D eigenvalue weighted by atomic mass is 79.9. The summed E-state index contributed by atoms with van der Waals surface area (Å²) in [5, 5.41) is 4.92. The van der Waals surface area contributed by atoms with Crippen LogP contribution in [0.25, 0.3) is 10.8 Å². The van der Waals surface area contributed by atoms with Crippen LogP contribution in [0.2, 0.25) is 0 Å². The van der Waals surface area contributed by atoms with Gasteiger partial charge in [-0.1, -0.05) is 58.4 Å². The molecule has 0 heterocycles. The molecule has 1 amide bonds. The van der Waals surface area contributed by atoms with Gasteiger partial charge in [0, 0.05) is 10.2 Å². The summed E-state index contributed by atoms with van der Waals surface area (Å²) in [6, 6.07) is 21.4. The van der Waals surface area contributed by atoms with E-state index in [1.807, 2.05) is 66.7 Å². The van der Waals surface area contributed by atoms with Crippen molar-refractivity contribution in [3.8, 4) is 0 Å². The largest absolute Gasteiger partial charge is 0.444 e. The second kappa shape index (κ2) is 6.62. The average molecular weight is 356 g/mol. The van der Waals surface area contributed by atoms with E-state index >= 15 is 0 Å². The van der Waals surface area contributed by atoms with Crippen LogP contribution in [0.4, 0.5) is 10.5 Å². The summed E-state index contributed by atoms with van der Waals surface area (Å²) in [5.74, 6) is 0. The zero-order chi connectivity index (χ0) is 15.4. The number of nitrogens with one attached hydrogen (secondary N) is 1. The van der Waals surface area contributed by atoms with E-state index < -0.39 is 6.09 Å². The fraction of sp³-hybridized carbons (Fsp3) is 0.0556. The number of benzene rings is 3. The molecule has 3 aromatic rings. The predicted molar refractivity (Wildman–Crippen MR) is 91.9 cm³/mol. The van der Waals surface area contributed by atoms with Crippen LogP contribution >= 0.6 is 15.9 Å². The molecule has 110 valence electrons. The van der Waals surface area contributed by atoms with Crippen molar-refractivity contribution in [3.05, 3.63) is 76.8 Å². The molecule has 1 N–H and O–H groups in total. The number of ether oxygens (including phenoxy) is 1. The summed E-state index contributed by atoms with van der Waals surface area (Å²) < 4.78 is 6.21. The maximum Gasteiger partial charge on any atom is 0.411 e. The molecule has 3 nitrogen and oxygen atoms in total. The van der Waals surface area contributed by atoms with Crippen LogP contribution in [-0.4, -0.2) is 6.09 Å². The van der Waals surface area contributed by atoms with Gasteiger partial charge in [-0.05, 0) is 40.6 Å². The molecule has 0 atom stereocenters. The minimum Gasteiger partial charge on any atom is -0.444 e. The Labute approximate surface area is 137 Å². The molecular weight excluding hydrogens is 342 g/mol.